The molecular weight excluding hydrogens is 212 g/mol. The number of aryl methyl sites for hydroxylation is 3. The van der Waals surface area contributed by atoms with E-state index in [-0.39, 0.29) is 5.82 Å². The van der Waals surface area contributed by atoms with Crippen LogP contribution in [0.5, 0.6) is 0 Å². The monoisotopic (exact) mass is 226 g/mol. The third-order valence-electron chi connectivity index (χ3n) is 2.63. The van der Waals surface area contributed by atoms with Gasteiger partial charge in [-0.05, 0) is 32.4 Å². The van der Waals surface area contributed by atoms with Crippen molar-refractivity contribution in [3.05, 3.63) is 46.9 Å². The van der Waals surface area contributed by atoms with Gasteiger partial charge in [0.05, 0.1) is 5.69 Å². The summed E-state index contributed by atoms with van der Waals surface area (Å²) >= 11 is 0. The lowest BCUT2D eigenvalue weighted by Crippen LogP contribution is -1.98. The molecule has 86 valence electrons. The third-order valence-corrected chi connectivity index (χ3v) is 2.63. The molecular formula is C14H14N2O. The number of aldehydes is 1. The Morgan fingerprint density at radius 2 is 1.82 bits per heavy atom. The van der Waals surface area contributed by atoms with Crippen LogP contribution in [-0.2, 0) is 0 Å². The van der Waals surface area contributed by atoms with Crippen molar-refractivity contribution in [1.29, 1.82) is 0 Å². The van der Waals surface area contributed by atoms with Gasteiger partial charge >= 0.3 is 0 Å². The first-order valence-corrected chi connectivity index (χ1v) is 5.48. The molecule has 2 rings (SSSR count). The molecule has 2 aromatic rings. The Morgan fingerprint density at radius 3 is 2.47 bits per heavy atom. The van der Waals surface area contributed by atoms with Crippen molar-refractivity contribution in [3.63, 3.8) is 0 Å². The van der Waals surface area contributed by atoms with Gasteiger partial charge in [0, 0.05) is 11.3 Å². The van der Waals surface area contributed by atoms with Crippen molar-refractivity contribution < 1.29 is 4.79 Å². The highest BCUT2D eigenvalue weighted by Gasteiger charge is 2.06. The van der Waals surface area contributed by atoms with Crippen molar-refractivity contribution >= 4 is 6.29 Å². The Balaban J connectivity index is 2.59. The van der Waals surface area contributed by atoms with Crippen molar-refractivity contribution in [3.8, 4) is 11.3 Å². The minimum absolute atomic E-state index is 0.236. The van der Waals surface area contributed by atoms with Crippen LogP contribution in [0.3, 0.4) is 0 Å². The Hall–Kier alpha value is -2.03. The number of carbonyl (C=O) groups is 1. The molecule has 0 aliphatic rings. The van der Waals surface area contributed by atoms with Gasteiger partial charge in [-0.25, -0.2) is 9.97 Å². The normalized spacial score (nSPS) is 10.3. The minimum atomic E-state index is 0.236. The molecule has 0 bridgehead atoms. The molecule has 1 aromatic heterocycles. The van der Waals surface area contributed by atoms with Crippen molar-refractivity contribution in [2.75, 3.05) is 0 Å². The van der Waals surface area contributed by atoms with Gasteiger partial charge in [-0.15, -0.1) is 0 Å². The third kappa shape index (κ3) is 2.38. The summed E-state index contributed by atoms with van der Waals surface area (Å²) in [5.74, 6) is 0.236. The molecule has 0 aliphatic heterocycles. The maximum Gasteiger partial charge on any atom is 0.193 e. The predicted molar refractivity (Wildman–Crippen MR) is 67.1 cm³/mol. The highest BCUT2D eigenvalue weighted by atomic mass is 16.1. The molecule has 0 aliphatic carbocycles. The molecule has 0 N–H and O–H groups in total. The Labute approximate surface area is 101 Å². The molecule has 3 heteroatoms. The average molecular weight is 226 g/mol. The maximum atomic E-state index is 10.8. The highest BCUT2D eigenvalue weighted by molar-refractivity contribution is 5.72. The molecule has 17 heavy (non-hydrogen) atoms. The van der Waals surface area contributed by atoms with Gasteiger partial charge in [0.1, 0.15) is 0 Å². The summed E-state index contributed by atoms with van der Waals surface area (Å²) in [7, 11) is 0. The lowest BCUT2D eigenvalue weighted by Gasteiger charge is -2.07. The van der Waals surface area contributed by atoms with Crippen LogP contribution in [0.25, 0.3) is 11.3 Å². The summed E-state index contributed by atoms with van der Waals surface area (Å²) in [4.78, 5) is 19.0. The van der Waals surface area contributed by atoms with Crippen LogP contribution in [0.2, 0.25) is 0 Å². The van der Waals surface area contributed by atoms with Crippen molar-refractivity contribution in [2.24, 2.45) is 0 Å². The van der Waals surface area contributed by atoms with Crippen LogP contribution < -0.4 is 0 Å². The van der Waals surface area contributed by atoms with Crippen LogP contribution in [0.15, 0.2) is 24.3 Å². The molecule has 0 atom stereocenters. The average Bonchev–Trinajstić information content (AvgIpc) is 2.28. The fourth-order valence-electron chi connectivity index (χ4n) is 1.88. The quantitative estimate of drug-likeness (QED) is 0.739. The van der Waals surface area contributed by atoms with Crippen LogP contribution in [0.1, 0.15) is 27.4 Å². The van der Waals surface area contributed by atoms with Gasteiger partial charge < -0.3 is 0 Å². The SMILES string of the molecule is Cc1ccc(-c2cc(C)nc(C=O)n2)c(C)c1. The molecule has 1 heterocycles. The fourth-order valence-corrected chi connectivity index (χ4v) is 1.88. The first-order chi connectivity index (χ1) is 8.10. The van der Waals surface area contributed by atoms with Crippen LogP contribution in [0.4, 0.5) is 0 Å². The number of benzene rings is 1. The van der Waals surface area contributed by atoms with Gasteiger partial charge in [-0.3, -0.25) is 4.79 Å². The van der Waals surface area contributed by atoms with E-state index in [1.807, 2.05) is 32.0 Å². The van der Waals surface area contributed by atoms with Crippen molar-refractivity contribution in [2.45, 2.75) is 20.8 Å². The summed E-state index contributed by atoms with van der Waals surface area (Å²) in [5.41, 5.74) is 5.02. The Morgan fingerprint density at radius 1 is 1.06 bits per heavy atom. The largest absolute Gasteiger partial charge is 0.294 e. The van der Waals surface area contributed by atoms with E-state index in [2.05, 4.69) is 23.0 Å². The zero-order chi connectivity index (χ0) is 12.4. The van der Waals surface area contributed by atoms with Gasteiger partial charge in [0.15, 0.2) is 12.1 Å². The Kier molecular flexibility index (Phi) is 3.00. The van der Waals surface area contributed by atoms with E-state index in [1.54, 1.807) is 0 Å². The second-order valence-corrected chi connectivity index (χ2v) is 4.19. The summed E-state index contributed by atoms with van der Waals surface area (Å²) < 4.78 is 0. The second-order valence-electron chi connectivity index (χ2n) is 4.19. The van der Waals surface area contributed by atoms with E-state index in [0.717, 1.165) is 22.5 Å². The highest BCUT2D eigenvalue weighted by Crippen LogP contribution is 2.22. The molecule has 0 saturated heterocycles. The van der Waals surface area contributed by atoms with E-state index < -0.39 is 0 Å². The van der Waals surface area contributed by atoms with E-state index in [0.29, 0.717) is 6.29 Å². The first-order valence-electron chi connectivity index (χ1n) is 5.48. The first kappa shape index (κ1) is 11.5. The second kappa shape index (κ2) is 4.45. The molecule has 1 aromatic carbocycles. The number of rotatable bonds is 2. The maximum absolute atomic E-state index is 10.8. The van der Waals surface area contributed by atoms with E-state index in [9.17, 15) is 4.79 Å². The smallest absolute Gasteiger partial charge is 0.193 e. The number of carbonyl (C=O) groups excluding carboxylic acids is 1. The molecule has 0 radical (unpaired) electrons. The molecule has 0 spiro atoms. The standard InChI is InChI=1S/C14H14N2O/c1-9-4-5-12(10(2)6-9)13-7-11(3)15-14(8-17)16-13/h4-8H,1-3H3. The summed E-state index contributed by atoms with van der Waals surface area (Å²) in [6.07, 6.45) is 0.681. The van der Waals surface area contributed by atoms with Gasteiger partial charge in [0.25, 0.3) is 0 Å². The van der Waals surface area contributed by atoms with E-state index >= 15 is 0 Å². The molecule has 0 amide bonds. The molecule has 0 fully saturated rings. The number of nitrogens with zero attached hydrogens (tertiary/aromatic N) is 2. The van der Waals surface area contributed by atoms with E-state index in [4.69, 9.17) is 0 Å². The molecule has 0 saturated carbocycles. The molecule has 3 nitrogen and oxygen atoms in total. The molecule has 0 unspecified atom stereocenters. The van der Waals surface area contributed by atoms with Gasteiger partial charge in [0.2, 0.25) is 0 Å². The fraction of sp³-hybridized carbons (Fsp3) is 0.214. The van der Waals surface area contributed by atoms with Gasteiger partial charge in [-0.2, -0.15) is 0 Å². The lowest BCUT2D eigenvalue weighted by molar-refractivity contribution is 0.111. The van der Waals surface area contributed by atoms with Gasteiger partial charge in [-0.1, -0.05) is 23.8 Å². The van der Waals surface area contributed by atoms with E-state index in [1.165, 1.54) is 5.56 Å². The zero-order valence-corrected chi connectivity index (χ0v) is 10.2. The van der Waals surface area contributed by atoms with Crippen molar-refractivity contribution in [1.82, 2.24) is 9.97 Å². The van der Waals surface area contributed by atoms with Crippen LogP contribution in [0, 0.1) is 20.8 Å². The topological polar surface area (TPSA) is 42.9 Å². The summed E-state index contributed by atoms with van der Waals surface area (Å²) in [6, 6.07) is 8.07. The van der Waals surface area contributed by atoms with Crippen LogP contribution in [-0.4, -0.2) is 16.3 Å². The summed E-state index contributed by atoms with van der Waals surface area (Å²) in [5, 5.41) is 0. The van der Waals surface area contributed by atoms with Crippen LogP contribution >= 0.6 is 0 Å². The lowest BCUT2D eigenvalue weighted by atomic mass is 10.0. The Bertz CT molecular complexity index is 576. The zero-order valence-electron chi connectivity index (χ0n) is 10.2. The number of hydrogen-bond donors (Lipinski definition) is 0. The number of aromatic nitrogens is 2. The minimum Gasteiger partial charge on any atom is -0.294 e. The summed E-state index contributed by atoms with van der Waals surface area (Å²) in [6.45, 7) is 5.96. The predicted octanol–water partition coefficient (Wildman–Crippen LogP) is 2.88. The number of hydrogen-bond acceptors (Lipinski definition) is 3.